The monoisotopic (exact) mass is 424 g/mol. The van der Waals surface area contributed by atoms with E-state index >= 15 is 0 Å². The predicted molar refractivity (Wildman–Crippen MR) is 113 cm³/mol. The summed E-state index contributed by atoms with van der Waals surface area (Å²) in [5, 5.41) is 8.84. The van der Waals surface area contributed by atoms with Gasteiger partial charge in [0.2, 0.25) is 0 Å². The molecule has 2 aliphatic rings. The number of nitrogens with zero attached hydrogens (tertiary/aromatic N) is 2. The van der Waals surface area contributed by atoms with Crippen molar-refractivity contribution in [2.75, 3.05) is 25.7 Å². The van der Waals surface area contributed by atoms with Crippen molar-refractivity contribution in [2.24, 2.45) is 0 Å². The van der Waals surface area contributed by atoms with Crippen molar-refractivity contribution in [3.8, 4) is 11.5 Å². The number of anilines is 1. The molecule has 4 rings (SSSR count). The summed E-state index contributed by atoms with van der Waals surface area (Å²) in [6.07, 6.45) is 1.39. The van der Waals surface area contributed by atoms with Gasteiger partial charge in [0.1, 0.15) is 6.17 Å². The fourth-order valence-corrected chi connectivity index (χ4v) is 4.39. The Morgan fingerprint density at radius 2 is 1.77 bits per heavy atom. The third kappa shape index (κ3) is 3.37. The van der Waals surface area contributed by atoms with Crippen molar-refractivity contribution in [3.63, 3.8) is 0 Å². The largest absolute Gasteiger partial charge is 0.493 e. The van der Waals surface area contributed by atoms with Crippen LogP contribution in [0.1, 0.15) is 58.1 Å². The number of fused-ring (bicyclic) bond motifs is 5. The molecule has 0 unspecified atom stereocenters. The molecule has 0 aliphatic carbocycles. The Hall–Kier alpha value is -3.55. The number of hydrogen-bond acceptors (Lipinski definition) is 5. The van der Waals surface area contributed by atoms with Crippen molar-refractivity contribution in [2.45, 2.75) is 31.8 Å². The molecule has 0 aromatic heterocycles. The maximum atomic E-state index is 13.5. The fourth-order valence-electron chi connectivity index (χ4n) is 4.39. The standard InChI is InChI=1S/C23H24N2O6/c1-30-17-12-11-15-19(20(17)31-2)23(29)25-16-9-6-5-8-14(16)22(28)24(21(15)25)13-7-3-4-10-18(26)27/h5-6,8-9,11-12,21H,3-4,7,10,13H2,1-2H3,(H,26,27)/t21-/m0/s1. The number of amides is 2. The van der Waals surface area contributed by atoms with Crippen molar-refractivity contribution < 1.29 is 29.0 Å². The second-order valence-electron chi connectivity index (χ2n) is 7.53. The van der Waals surface area contributed by atoms with E-state index in [4.69, 9.17) is 14.6 Å². The molecule has 8 heteroatoms. The first-order valence-electron chi connectivity index (χ1n) is 10.2. The number of carboxylic acid groups (broad SMARTS) is 1. The Balaban J connectivity index is 1.74. The lowest BCUT2D eigenvalue weighted by atomic mass is 10.0. The Bertz CT molecular complexity index is 1050. The van der Waals surface area contributed by atoms with E-state index in [1.165, 1.54) is 14.2 Å². The van der Waals surface area contributed by atoms with Crippen LogP contribution in [0.4, 0.5) is 5.69 Å². The predicted octanol–water partition coefficient (Wildman–Crippen LogP) is 3.46. The van der Waals surface area contributed by atoms with E-state index in [0.717, 1.165) is 0 Å². The number of methoxy groups -OCH3 is 2. The number of aliphatic carboxylic acids is 1. The summed E-state index contributed by atoms with van der Waals surface area (Å²) in [6, 6.07) is 10.6. The number of unbranched alkanes of at least 4 members (excludes halogenated alkanes) is 2. The van der Waals surface area contributed by atoms with Gasteiger partial charge in [-0.1, -0.05) is 24.6 Å². The van der Waals surface area contributed by atoms with Crippen LogP contribution >= 0.6 is 0 Å². The van der Waals surface area contributed by atoms with E-state index in [1.807, 2.05) is 0 Å². The Morgan fingerprint density at radius 1 is 1.00 bits per heavy atom. The lowest BCUT2D eigenvalue weighted by molar-refractivity contribution is -0.137. The third-order valence-corrected chi connectivity index (χ3v) is 5.77. The Morgan fingerprint density at radius 3 is 2.48 bits per heavy atom. The highest BCUT2D eigenvalue weighted by Gasteiger charge is 2.49. The molecule has 0 saturated heterocycles. The summed E-state index contributed by atoms with van der Waals surface area (Å²) in [7, 11) is 3.00. The van der Waals surface area contributed by atoms with Gasteiger partial charge < -0.3 is 19.5 Å². The molecule has 2 aliphatic heterocycles. The van der Waals surface area contributed by atoms with E-state index < -0.39 is 12.1 Å². The van der Waals surface area contributed by atoms with Gasteiger partial charge in [-0.2, -0.15) is 0 Å². The summed E-state index contributed by atoms with van der Waals surface area (Å²) in [5.74, 6) is -0.414. The minimum absolute atomic E-state index is 0.102. The number of rotatable bonds is 8. The summed E-state index contributed by atoms with van der Waals surface area (Å²) in [4.78, 5) is 41.0. The highest BCUT2D eigenvalue weighted by atomic mass is 16.5. The smallest absolute Gasteiger partial charge is 0.303 e. The van der Waals surface area contributed by atoms with E-state index in [2.05, 4.69) is 0 Å². The molecule has 31 heavy (non-hydrogen) atoms. The van der Waals surface area contributed by atoms with E-state index in [1.54, 1.807) is 46.2 Å². The molecular formula is C23H24N2O6. The highest BCUT2D eigenvalue weighted by Crippen LogP contribution is 2.49. The van der Waals surface area contributed by atoms with Gasteiger partial charge in [0.25, 0.3) is 11.8 Å². The third-order valence-electron chi connectivity index (χ3n) is 5.77. The lowest BCUT2D eigenvalue weighted by Crippen LogP contribution is -2.48. The van der Waals surface area contributed by atoms with Crippen LogP contribution < -0.4 is 14.4 Å². The van der Waals surface area contributed by atoms with Crippen molar-refractivity contribution >= 4 is 23.5 Å². The molecule has 2 aromatic carbocycles. The maximum absolute atomic E-state index is 13.5. The number of hydrogen-bond donors (Lipinski definition) is 1. The number of carboxylic acids is 1. The first-order chi connectivity index (χ1) is 15.0. The molecule has 0 bridgehead atoms. The average molecular weight is 424 g/mol. The summed E-state index contributed by atoms with van der Waals surface area (Å²) in [5.41, 5.74) is 2.13. The number of ether oxygens (including phenoxy) is 2. The van der Waals surface area contributed by atoms with Gasteiger partial charge >= 0.3 is 5.97 Å². The first kappa shape index (κ1) is 20.7. The van der Waals surface area contributed by atoms with Gasteiger partial charge in [-0.25, -0.2) is 0 Å². The van der Waals surface area contributed by atoms with Gasteiger partial charge in [-0.05, 0) is 31.0 Å². The SMILES string of the molecule is COc1ccc2c(c1OC)C(=O)N1c3ccccc3C(=O)N(CCCCCC(=O)O)[C@H]21. The second-order valence-corrected chi connectivity index (χ2v) is 7.53. The van der Waals surface area contributed by atoms with Gasteiger partial charge in [0, 0.05) is 18.5 Å². The van der Waals surface area contributed by atoms with Gasteiger partial charge in [0.05, 0.1) is 31.0 Å². The molecule has 2 amide bonds. The molecular weight excluding hydrogens is 400 g/mol. The highest BCUT2D eigenvalue weighted by molar-refractivity contribution is 6.18. The van der Waals surface area contributed by atoms with Crippen LogP contribution in [0.15, 0.2) is 36.4 Å². The number of carbonyl (C=O) groups is 3. The minimum atomic E-state index is -0.828. The Labute approximate surface area is 180 Å². The number of carbonyl (C=O) groups excluding carboxylic acids is 2. The molecule has 1 atom stereocenters. The molecule has 0 fully saturated rings. The van der Waals surface area contributed by atoms with Gasteiger partial charge in [-0.15, -0.1) is 0 Å². The topological polar surface area (TPSA) is 96.4 Å². The quantitative estimate of drug-likeness (QED) is 0.652. The van der Waals surface area contributed by atoms with Crippen molar-refractivity contribution in [3.05, 3.63) is 53.1 Å². The zero-order valence-electron chi connectivity index (χ0n) is 17.5. The summed E-state index contributed by atoms with van der Waals surface area (Å²) in [6.45, 7) is 0.412. The summed E-state index contributed by atoms with van der Waals surface area (Å²) < 4.78 is 10.9. The van der Waals surface area contributed by atoms with Crippen LogP contribution in [-0.4, -0.2) is 48.6 Å². The van der Waals surface area contributed by atoms with Crippen molar-refractivity contribution in [1.29, 1.82) is 0 Å². The summed E-state index contributed by atoms with van der Waals surface area (Å²) >= 11 is 0. The molecule has 2 heterocycles. The van der Waals surface area contributed by atoms with E-state index in [-0.39, 0.29) is 18.2 Å². The number of benzene rings is 2. The molecule has 1 N–H and O–H groups in total. The van der Waals surface area contributed by atoms with E-state index in [0.29, 0.717) is 59.7 Å². The molecule has 0 saturated carbocycles. The first-order valence-corrected chi connectivity index (χ1v) is 10.2. The molecule has 2 aromatic rings. The van der Waals surface area contributed by atoms with Crippen LogP contribution in [0.3, 0.4) is 0 Å². The molecule has 0 radical (unpaired) electrons. The normalized spacial score (nSPS) is 16.6. The zero-order chi connectivity index (χ0) is 22.1. The molecule has 8 nitrogen and oxygen atoms in total. The van der Waals surface area contributed by atoms with E-state index in [9.17, 15) is 14.4 Å². The van der Waals surface area contributed by atoms with Gasteiger partial charge in [0.15, 0.2) is 11.5 Å². The van der Waals surface area contributed by atoms with Crippen LogP contribution in [0, 0.1) is 0 Å². The average Bonchev–Trinajstić information content (AvgIpc) is 3.07. The number of para-hydroxylation sites is 1. The van der Waals surface area contributed by atoms with Crippen LogP contribution in [0.5, 0.6) is 11.5 Å². The zero-order valence-corrected chi connectivity index (χ0v) is 17.5. The fraction of sp³-hybridized carbons (Fsp3) is 0.348. The maximum Gasteiger partial charge on any atom is 0.303 e. The lowest BCUT2D eigenvalue weighted by Gasteiger charge is -2.41. The Kier molecular flexibility index (Phi) is 5.54. The molecule has 0 spiro atoms. The molecule has 162 valence electrons. The van der Waals surface area contributed by atoms with Gasteiger partial charge in [-0.3, -0.25) is 19.3 Å². The second kappa shape index (κ2) is 8.29. The van der Waals surface area contributed by atoms with Crippen LogP contribution in [-0.2, 0) is 4.79 Å². The minimum Gasteiger partial charge on any atom is -0.493 e. The van der Waals surface area contributed by atoms with Crippen LogP contribution in [0.25, 0.3) is 0 Å². The van der Waals surface area contributed by atoms with Crippen LogP contribution in [0.2, 0.25) is 0 Å². The van der Waals surface area contributed by atoms with Crippen molar-refractivity contribution in [1.82, 2.24) is 4.90 Å².